The van der Waals surface area contributed by atoms with Crippen molar-refractivity contribution in [3.8, 4) is 0 Å². The Morgan fingerprint density at radius 1 is 1.31 bits per heavy atom. The number of rotatable bonds is 1. The van der Waals surface area contributed by atoms with Crippen molar-refractivity contribution in [2.75, 3.05) is 0 Å². The highest BCUT2D eigenvalue weighted by atomic mass is 16.1. The van der Waals surface area contributed by atoms with Gasteiger partial charge in [-0.3, -0.25) is 9.36 Å². The van der Waals surface area contributed by atoms with E-state index in [-0.39, 0.29) is 5.91 Å². The molecule has 0 N–H and O–H groups in total. The van der Waals surface area contributed by atoms with E-state index >= 15 is 0 Å². The molecular weight excluding hydrogens is 198 g/mol. The van der Waals surface area contributed by atoms with Crippen LogP contribution in [0.1, 0.15) is 35.5 Å². The minimum atomic E-state index is 0.0889. The van der Waals surface area contributed by atoms with E-state index in [0.29, 0.717) is 0 Å². The summed E-state index contributed by atoms with van der Waals surface area (Å²) in [6.07, 6.45) is 0.964. The van der Waals surface area contributed by atoms with E-state index in [9.17, 15) is 4.79 Å². The maximum atomic E-state index is 11.7. The van der Waals surface area contributed by atoms with Gasteiger partial charge in [0.15, 0.2) is 0 Å². The third kappa shape index (κ3) is 1.45. The average Bonchev–Trinajstić information content (AvgIpc) is 2.49. The molecule has 0 saturated heterocycles. The molecular formula is C14H17NO. The molecule has 0 amide bonds. The molecule has 1 aromatic heterocycles. The molecule has 2 rings (SSSR count). The van der Waals surface area contributed by atoms with Gasteiger partial charge in [-0.1, -0.05) is 18.6 Å². The van der Waals surface area contributed by atoms with Crippen molar-refractivity contribution in [1.82, 2.24) is 4.57 Å². The van der Waals surface area contributed by atoms with Crippen molar-refractivity contribution in [2.24, 2.45) is 0 Å². The van der Waals surface area contributed by atoms with Crippen molar-refractivity contribution in [3.05, 3.63) is 35.0 Å². The number of aromatic nitrogens is 1. The molecule has 1 heterocycles. The Bertz CT molecular complexity index is 564. The van der Waals surface area contributed by atoms with E-state index in [1.807, 2.05) is 17.6 Å². The molecule has 0 aliphatic heterocycles. The SMILES string of the molecule is CCc1c(C)n(C(C)=O)c2ccc(C)cc12. The quantitative estimate of drug-likeness (QED) is 0.713. The van der Waals surface area contributed by atoms with Crippen LogP contribution in [-0.2, 0) is 6.42 Å². The van der Waals surface area contributed by atoms with Crippen LogP contribution in [0.5, 0.6) is 0 Å². The topological polar surface area (TPSA) is 22.0 Å². The minimum Gasteiger partial charge on any atom is -0.284 e. The molecule has 2 aromatic rings. The summed E-state index contributed by atoms with van der Waals surface area (Å²) in [5.74, 6) is 0.0889. The number of fused-ring (bicyclic) bond motifs is 1. The monoisotopic (exact) mass is 215 g/mol. The first-order valence-corrected chi connectivity index (χ1v) is 5.67. The van der Waals surface area contributed by atoms with E-state index in [4.69, 9.17) is 0 Å². The number of nitrogens with zero attached hydrogens (tertiary/aromatic N) is 1. The Morgan fingerprint density at radius 3 is 2.56 bits per heavy atom. The van der Waals surface area contributed by atoms with Gasteiger partial charge in [-0.25, -0.2) is 0 Å². The molecule has 0 unspecified atom stereocenters. The Morgan fingerprint density at radius 2 is 2.00 bits per heavy atom. The van der Waals surface area contributed by atoms with Gasteiger partial charge in [-0.05, 0) is 38.0 Å². The van der Waals surface area contributed by atoms with Crippen LogP contribution in [-0.4, -0.2) is 10.5 Å². The van der Waals surface area contributed by atoms with Gasteiger partial charge in [0.05, 0.1) is 5.52 Å². The minimum absolute atomic E-state index is 0.0889. The highest BCUT2D eigenvalue weighted by Gasteiger charge is 2.14. The molecule has 0 saturated carbocycles. The predicted molar refractivity (Wildman–Crippen MR) is 67.1 cm³/mol. The third-order valence-electron chi connectivity index (χ3n) is 3.16. The van der Waals surface area contributed by atoms with Gasteiger partial charge in [-0.15, -0.1) is 0 Å². The van der Waals surface area contributed by atoms with Crippen LogP contribution < -0.4 is 0 Å². The van der Waals surface area contributed by atoms with Crippen molar-refractivity contribution in [1.29, 1.82) is 0 Å². The third-order valence-corrected chi connectivity index (χ3v) is 3.16. The molecule has 0 radical (unpaired) electrons. The van der Waals surface area contributed by atoms with Gasteiger partial charge in [0.1, 0.15) is 0 Å². The van der Waals surface area contributed by atoms with Crippen molar-refractivity contribution >= 4 is 16.8 Å². The first-order valence-electron chi connectivity index (χ1n) is 5.67. The van der Waals surface area contributed by atoms with E-state index in [0.717, 1.165) is 17.6 Å². The van der Waals surface area contributed by atoms with Crippen LogP contribution in [0.3, 0.4) is 0 Å². The summed E-state index contributed by atoms with van der Waals surface area (Å²) >= 11 is 0. The molecule has 0 spiro atoms. The van der Waals surface area contributed by atoms with Gasteiger partial charge in [-0.2, -0.15) is 0 Å². The fraction of sp³-hybridized carbons (Fsp3) is 0.357. The zero-order valence-corrected chi connectivity index (χ0v) is 10.3. The number of hydrogen-bond donors (Lipinski definition) is 0. The average molecular weight is 215 g/mol. The summed E-state index contributed by atoms with van der Waals surface area (Å²) in [5, 5.41) is 1.22. The smallest absolute Gasteiger partial charge is 0.228 e. The van der Waals surface area contributed by atoms with Crippen molar-refractivity contribution in [3.63, 3.8) is 0 Å². The van der Waals surface area contributed by atoms with Gasteiger partial charge in [0.25, 0.3) is 0 Å². The summed E-state index contributed by atoms with van der Waals surface area (Å²) in [6.45, 7) is 7.86. The lowest BCUT2D eigenvalue weighted by molar-refractivity contribution is 0.0939. The number of benzene rings is 1. The summed E-state index contributed by atoms with van der Waals surface area (Å²) < 4.78 is 1.81. The van der Waals surface area contributed by atoms with Gasteiger partial charge >= 0.3 is 0 Å². The fourth-order valence-electron chi connectivity index (χ4n) is 2.45. The molecule has 2 nitrogen and oxygen atoms in total. The second-order valence-corrected chi connectivity index (χ2v) is 4.29. The molecule has 0 atom stereocenters. The van der Waals surface area contributed by atoms with Crippen LogP contribution in [0.15, 0.2) is 18.2 Å². The van der Waals surface area contributed by atoms with Crippen LogP contribution >= 0.6 is 0 Å². The van der Waals surface area contributed by atoms with Crippen LogP contribution in [0.4, 0.5) is 0 Å². The van der Waals surface area contributed by atoms with Crippen LogP contribution in [0, 0.1) is 13.8 Å². The zero-order valence-electron chi connectivity index (χ0n) is 10.3. The lowest BCUT2D eigenvalue weighted by Crippen LogP contribution is -2.07. The van der Waals surface area contributed by atoms with Crippen molar-refractivity contribution < 1.29 is 4.79 Å². The normalized spacial score (nSPS) is 11.0. The Labute approximate surface area is 95.9 Å². The molecule has 0 fully saturated rings. The summed E-state index contributed by atoms with van der Waals surface area (Å²) in [7, 11) is 0. The summed E-state index contributed by atoms with van der Waals surface area (Å²) in [5.41, 5.74) is 4.64. The molecule has 0 aliphatic rings. The number of aryl methyl sites for hydroxylation is 2. The summed E-state index contributed by atoms with van der Waals surface area (Å²) in [4.78, 5) is 11.7. The largest absolute Gasteiger partial charge is 0.284 e. The first-order chi connectivity index (χ1) is 7.56. The fourth-order valence-corrected chi connectivity index (χ4v) is 2.45. The maximum absolute atomic E-state index is 11.7. The molecule has 1 aromatic carbocycles. The Balaban J connectivity index is 2.91. The number of carbonyl (C=O) groups is 1. The van der Waals surface area contributed by atoms with E-state index in [1.165, 1.54) is 16.5 Å². The Hall–Kier alpha value is -1.57. The lowest BCUT2D eigenvalue weighted by Gasteiger charge is -2.02. The van der Waals surface area contributed by atoms with E-state index < -0.39 is 0 Å². The van der Waals surface area contributed by atoms with Gasteiger partial charge in [0, 0.05) is 18.0 Å². The number of carbonyl (C=O) groups excluding carboxylic acids is 1. The van der Waals surface area contributed by atoms with Gasteiger partial charge in [0.2, 0.25) is 5.91 Å². The molecule has 16 heavy (non-hydrogen) atoms. The van der Waals surface area contributed by atoms with Crippen LogP contribution in [0.2, 0.25) is 0 Å². The molecule has 0 bridgehead atoms. The lowest BCUT2D eigenvalue weighted by atomic mass is 10.1. The number of hydrogen-bond acceptors (Lipinski definition) is 1. The highest BCUT2D eigenvalue weighted by molar-refractivity contribution is 5.95. The summed E-state index contributed by atoms with van der Waals surface area (Å²) in [6, 6.07) is 6.26. The van der Waals surface area contributed by atoms with E-state index in [2.05, 4.69) is 26.0 Å². The predicted octanol–water partition coefficient (Wildman–Crippen LogP) is 3.48. The second kappa shape index (κ2) is 3.78. The van der Waals surface area contributed by atoms with Crippen molar-refractivity contribution in [2.45, 2.75) is 34.1 Å². The van der Waals surface area contributed by atoms with E-state index in [1.54, 1.807) is 6.92 Å². The first kappa shape index (κ1) is 10.9. The molecule has 0 aliphatic carbocycles. The molecule has 84 valence electrons. The zero-order chi connectivity index (χ0) is 11.9. The maximum Gasteiger partial charge on any atom is 0.228 e. The molecule has 2 heteroatoms. The van der Waals surface area contributed by atoms with Crippen LogP contribution in [0.25, 0.3) is 10.9 Å². The highest BCUT2D eigenvalue weighted by Crippen LogP contribution is 2.27. The van der Waals surface area contributed by atoms with Gasteiger partial charge < -0.3 is 0 Å². The Kier molecular flexibility index (Phi) is 2.58. The second-order valence-electron chi connectivity index (χ2n) is 4.29. The standard InChI is InChI=1S/C14H17NO/c1-5-12-10(3)15(11(4)16)14-7-6-9(2)8-13(12)14/h6-8H,5H2,1-4H3.